The van der Waals surface area contributed by atoms with Gasteiger partial charge >= 0.3 is 0 Å². The predicted octanol–water partition coefficient (Wildman–Crippen LogP) is 2.04. The van der Waals surface area contributed by atoms with Gasteiger partial charge in [-0.3, -0.25) is 4.79 Å². The highest BCUT2D eigenvalue weighted by Gasteiger charge is 2.16. The summed E-state index contributed by atoms with van der Waals surface area (Å²) in [5, 5.41) is 14.5. The zero-order valence-electron chi connectivity index (χ0n) is 11.4. The smallest absolute Gasteiger partial charge is 0.255 e. The Morgan fingerprint density at radius 3 is 2.52 bits per heavy atom. The van der Waals surface area contributed by atoms with E-state index in [1.165, 1.54) is 7.11 Å². The minimum atomic E-state index is -0.313. The maximum absolute atomic E-state index is 12.2. The van der Waals surface area contributed by atoms with E-state index in [0.29, 0.717) is 22.6 Å². The molecular weight excluding hydrogens is 270 g/mol. The number of carbonyl (C=O) groups is 1. The lowest BCUT2D eigenvalue weighted by Gasteiger charge is -2.14. The van der Waals surface area contributed by atoms with Crippen molar-refractivity contribution in [3.05, 3.63) is 59.7 Å². The third-order valence-electron chi connectivity index (χ3n) is 2.90. The number of methoxy groups -OCH3 is 1. The summed E-state index contributed by atoms with van der Waals surface area (Å²) in [6.07, 6.45) is 0. The summed E-state index contributed by atoms with van der Waals surface area (Å²) >= 11 is 0. The van der Waals surface area contributed by atoms with Gasteiger partial charge in [-0.05, 0) is 24.3 Å². The summed E-state index contributed by atoms with van der Waals surface area (Å²) in [6, 6.07) is 13.7. The Labute approximate surface area is 121 Å². The fraction of sp³-hybridized carbons (Fsp3) is 0.0667. The quantitative estimate of drug-likeness (QED) is 0.346. The lowest BCUT2D eigenvalue weighted by atomic mass is 10.1. The summed E-state index contributed by atoms with van der Waals surface area (Å²) in [5.41, 5.74) is 6.85. The number of rotatable bonds is 4. The maximum Gasteiger partial charge on any atom is 0.255 e. The molecule has 2 aromatic carbocycles. The zero-order chi connectivity index (χ0) is 15.2. The molecule has 0 radical (unpaired) electrons. The molecule has 0 heterocycles. The molecule has 6 heteroatoms. The summed E-state index contributed by atoms with van der Waals surface area (Å²) < 4.78 is 5.21. The number of oxime groups is 1. The topological polar surface area (TPSA) is 96.9 Å². The number of amides is 1. The van der Waals surface area contributed by atoms with Crippen molar-refractivity contribution >= 4 is 17.4 Å². The number of ether oxygens (including phenoxy) is 1. The van der Waals surface area contributed by atoms with E-state index in [0.717, 1.165) is 0 Å². The maximum atomic E-state index is 12.2. The van der Waals surface area contributed by atoms with Crippen LogP contribution in [-0.4, -0.2) is 24.1 Å². The van der Waals surface area contributed by atoms with Crippen LogP contribution in [0.15, 0.2) is 53.7 Å². The minimum absolute atomic E-state index is 0.114. The number of nitrogens with zero attached hydrogens (tertiary/aromatic N) is 1. The van der Waals surface area contributed by atoms with Crippen molar-refractivity contribution < 1.29 is 14.7 Å². The van der Waals surface area contributed by atoms with Crippen molar-refractivity contribution in [2.75, 3.05) is 12.4 Å². The first kappa shape index (κ1) is 14.4. The summed E-state index contributed by atoms with van der Waals surface area (Å²) in [7, 11) is 1.48. The molecule has 6 nitrogen and oxygen atoms in total. The standard InChI is InChI=1S/C15H15N3O3/c1-21-12-9-5-8-11(14(16)18-20)13(12)17-15(19)10-6-3-2-4-7-10/h2-9,20H,1H3,(H2,16,18)(H,17,19). The van der Waals surface area contributed by atoms with Crippen LogP contribution in [0, 0.1) is 0 Å². The van der Waals surface area contributed by atoms with Crippen molar-refractivity contribution in [2.24, 2.45) is 10.9 Å². The Morgan fingerprint density at radius 1 is 1.19 bits per heavy atom. The normalized spacial score (nSPS) is 11.0. The molecule has 0 aliphatic heterocycles. The van der Waals surface area contributed by atoms with Crippen molar-refractivity contribution in [3.8, 4) is 5.75 Å². The highest BCUT2D eigenvalue weighted by molar-refractivity contribution is 6.11. The Bertz CT molecular complexity index is 669. The van der Waals surface area contributed by atoms with E-state index in [1.54, 1.807) is 42.5 Å². The number of benzene rings is 2. The number of nitrogens with two attached hydrogens (primary N) is 1. The highest BCUT2D eigenvalue weighted by atomic mass is 16.5. The van der Waals surface area contributed by atoms with E-state index in [-0.39, 0.29) is 11.7 Å². The predicted molar refractivity (Wildman–Crippen MR) is 79.9 cm³/mol. The molecule has 4 N–H and O–H groups in total. The molecule has 1 amide bonds. The van der Waals surface area contributed by atoms with E-state index in [1.807, 2.05) is 6.07 Å². The van der Waals surface area contributed by atoms with Gasteiger partial charge in [0.1, 0.15) is 5.75 Å². The Hall–Kier alpha value is -3.02. The fourth-order valence-corrected chi connectivity index (χ4v) is 1.87. The molecule has 2 rings (SSSR count). The first-order valence-corrected chi connectivity index (χ1v) is 6.18. The average Bonchev–Trinajstić information content (AvgIpc) is 2.55. The van der Waals surface area contributed by atoms with Crippen LogP contribution in [0.2, 0.25) is 0 Å². The lowest BCUT2D eigenvalue weighted by Crippen LogP contribution is -2.19. The van der Waals surface area contributed by atoms with E-state index >= 15 is 0 Å². The van der Waals surface area contributed by atoms with Crippen molar-refractivity contribution in [2.45, 2.75) is 0 Å². The van der Waals surface area contributed by atoms with Crippen molar-refractivity contribution in [1.29, 1.82) is 0 Å². The van der Waals surface area contributed by atoms with Crippen LogP contribution < -0.4 is 15.8 Å². The van der Waals surface area contributed by atoms with Crippen LogP contribution in [0.25, 0.3) is 0 Å². The van der Waals surface area contributed by atoms with Crippen LogP contribution in [-0.2, 0) is 0 Å². The SMILES string of the molecule is COc1cccc(/C(N)=N/O)c1NC(=O)c1ccccc1. The lowest BCUT2D eigenvalue weighted by molar-refractivity contribution is 0.102. The van der Waals surface area contributed by atoms with E-state index in [9.17, 15) is 4.79 Å². The molecule has 0 saturated carbocycles. The molecule has 2 aromatic rings. The number of para-hydroxylation sites is 1. The second-order valence-electron chi connectivity index (χ2n) is 4.19. The summed E-state index contributed by atoms with van der Waals surface area (Å²) in [4.78, 5) is 12.2. The molecule has 0 aliphatic carbocycles. The van der Waals surface area contributed by atoms with Crippen LogP contribution in [0.4, 0.5) is 5.69 Å². The summed E-state index contributed by atoms with van der Waals surface area (Å²) in [6.45, 7) is 0. The fourth-order valence-electron chi connectivity index (χ4n) is 1.87. The highest BCUT2D eigenvalue weighted by Crippen LogP contribution is 2.28. The molecule has 21 heavy (non-hydrogen) atoms. The molecule has 0 fully saturated rings. The van der Waals surface area contributed by atoms with Gasteiger partial charge in [0, 0.05) is 11.1 Å². The largest absolute Gasteiger partial charge is 0.495 e. The zero-order valence-corrected chi connectivity index (χ0v) is 11.4. The Morgan fingerprint density at radius 2 is 1.90 bits per heavy atom. The first-order valence-electron chi connectivity index (χ1n) is 6.18. The van der Waals surface area contributed by atoms with Crippen LogP contribution in [0.1, 0.15) is 15.9 Å². The Balaban J connectivity index is 2.41. The van der Waals surface area contributed by atoms with Crippen LogP contribution >= 0.6 is 0 Å². The van der Waals surface area contributed by atoms with Crippen molar-refractivity contribution in [3.63, 3.8) is 0 Å². The van der Waals surface area contributed by atoms with Gasteiger partial charge in [0.05, 0.1) is 12.8 Å². The van der Waals surface area contributed by atoms with Gasteiger partial charge in [0.25, 0.3) is 5.91 Å². The second kappa shape index (κ2) is 6.42. The minimum Gasteiger partial charge on any atom is -0.495 e. The van der Waals surface area contributed by atoms with Gasteiger partial charge in [-0.15, -0.1) is 0 Å². The molecule has 0 unspecified atom stereocenters. The number of carbonyl (C=O) groups excluding carboxylic acids is 1. The number of hydrogen-bond donors (Lipinski definition) is 3. The second-order valence-corrected chi connectivity index (χ2v) is 4.19. The van der Waals surface area contributed by atoms with E-state index < -0.39 is 0 Å². The molecule has 0 aromatic heterocycles. The number of amidine groups is 1. The Kier molecular flexibility index (Phi) is 4.40. The summed E-state index contributed by atoms with van der Waals surface area (Å²) in [5.74, 6) is -0.00673. The number of hydrogen-bond acceptors (Lipinski definition) is 4. The molecular formula is C15H15N3O3. The third kappa shape index (κ3) is 3.11. The molecule has 0 spiro atoms. The third-order valence-corrected chi connectivity index (χ3v) is 2.90. The van der Waals surface area contributed by atoms with Crippen LogP contribution in [0.3, 0.4) is 0 Å². The molecule has 108 valence electrons. The van der Waals surface area contributed by atoms with Crippen molar-refractivity contribution in [1.82, 2.24) is 0 Å². The average molecular weight is 285 g/mol. The van der Waals surface area contributed by atoms with E-state index in [4.69, 9.17) is 15.7 Å². The van der Waals surface area contributed by atoms with E-state index in [2.05, 4.69) is 10.5 Å². The van der Waals surface area contributed by atoms with Gasteiger partial charge in [-0.25, -0.2) is 0 Å². The molecule has 0 atom stereocenters. The van der Waals surface area contributed by atoms with Crippen LogP contribution in [0.5, 0.6) is 5.75 Å². The molecule has 0 bridgehead atoms. The number of anilines is 1. The molecule has 0 saturated heterocycles. The number of nitrogens with one attached hydrogen (secondary N) is 1. The van der Waals surface area contributed by atoms with Gasteiger partial charge in [0.15, 0.2) is 5.84 Å². The van der Waals surface area contributed by atoms with Gasteiger partial charge in [0.2, 0.25) is 0 Å². The monoisotopic (exact) mass is 285 g/mol. The first-order chi connectivity index (χ1) is 10.2. The van der Waals surface area contributed by atoms with Gasteiger partial charge in [-0.1, -0.05) is 29.4 Å². The molecule has 0 aliphatic rings. The van der Waals surface area contributed by atoms with Gasteiger partial charge < -0.3 is 21.0 Å². The van der Waals surface area contributed by atoms with Gasteiger partial charge in [-0.2, -0.15) is 0 Å².